The summed E-state index contributed by atoms with van der Waals surface area (Å²) in [5.41, 5.74) is 2.21. The van der Waals surface area contributed by atoms with E-state index in [0.717, 1.165) is 24.3 Å². The number of fused-ring (bicyclic) bond motifs is 1. The van der Waals surface area contributed by atoms with E-state index in [1.54, 1.807) is 24.3 Å². The third-order valence-electron chi connectivity index (χ3n) is 6.87. The number of hydrogen-bond donors (Lipinski definition) is 2. The lowest BCUT2D eigenvalue weighted by Gasteiger charge is -2.33. The van der Waals surface area contributed by atoms with Gasteiger partial charge >= 0.3 is 6.03 Å². The molecule has 4 amide bonds. The van der Waals surface area contributed by atoms with Crippen molar-refractivity contribution in [2.24, 2.45) is 10.3 Å². The predicted molar refractivity (Wildman–Crippen MR) is 114 cm³/mol. The standard InChI is InChI=1S/C21H25N5O5S/c27-18(23-26-19(28)21(22-20(26)29)10-4-1-5-11-21)14-8-12-25(13-9-14)17-15-6-2-3-7-16(15)32(30,31)24-17/h2-3,6-7,14H,1,4-5,8-13H2,(H,22,29)(H,23,27). The van der Waals surface area contributed by atoms with Crippen LogP contribution in [0.15, 0.2) is 33.6 Å². The van der Waals surface area contributed by atoms with Crippen molar-refractivity contribution in [3.63, 3.8) is 0 Å². The molecule has 1 aromatic rings. The Morgan fingerprint density at radius 2 is 1.78 bits per heavy atom. The number of sulfonamides is 1. The first-order valence-electron chi connectivity index (χ1n) is 11.0. The molecular weight excluding hydrogens is 434 g/mol. The van der Waals surface area contributed by atoms with Gasteiger partial charge in [-0.1, -0.05) is 31.4 Å². The van der Waals surface area contributed by atoms with Crippen LogP contribution in [-0.2, 0) is 19.6 Å². The summed E-state index contributed by atoms with van der Waals surface area (Å²) >= 11 is 0. The van der Waals surface area contributed by atoms with Crippen molar-refractivity contribution in [1.82, 2.24) is 20.7 Å². The van der Waals surface area contributed by atoms with Gasteiger partial charge in [-0.15, -0.1) is 4.40 Å². The molecule has 1 aliphatic carbocycles. The van der Waals surface area contributed by atoms with Gasteiger partial charge in [0.25, 0.3) is 15.9 Å². The quantitative estimate of drug-likeness (QED) is 0.638. The number of carbonyl (C=O) groups is 3. The first-order chi connectivity index (χ1) is 15.3. The normalized spacial score (nSPS) is 24.3. The molecule has 10 nitrogen and oxygen atoms in total. The average Bonchev–Trinajstić information content (AvgIpc) is 3.19. The summed E-state index contributed by atoms with van der Waals surface area (Å²) < 4.78 is 28.6. The number of carbonyl (C=O) groups excluding carboxylic acids is 3. The summed E-state index contributed by atoms with van der Waals surface area (Å²) in [6.45, 7) is 0.899. The number of imide groups is 1. The number of benzene rings is 1. The van der Waals surface area contributed by atoms with E-state index in [9.17, 15) is 22.8 Å². The predicted octanol–water partition coefficient (Wildman–Crippen LogP) is 1.13. The number of rotatable bonds is 2. The van der Waals surface area contributed by atoms with E-state index in [0.29, 0.717) is 50.2 Å². The number of nitrogens with one attached hydrogen (secondary N) is 2. The summed E-state index contributed by atoms with van der Waals surface area (Å²) in [5, 5.41) is 3.62. The number of hydrogen-bond acceptors (Lipinski definition) is 6. The Morgan fingerprint density at radius 3 is 2.50 bits per heavy atom. The number of likely N-dealkylation sites (tertiary alicyclic amines) is 1. The molecule has 1 spiro atoms. The topological polar surface area (TPSA) is 128 Å². The fraction of sp³-hybridized carbons (Fsp3) is 0.524. The molecule has 4 aliphatic rings. The Balaban J connectivity index is 1.22. The summed E-state index contributed by atoms with van der Waals surface area (Å²) in [6, 6.07) is 6.13. The number of amidine groups is 1. The minimum Gasteiger partial charge on any atom is -0.355 e. The molecule has 0 radical (unpaired) electrons. The van der Waals surface area contributed by atoms with E-state index in [-0.39, 0.29) is 22.6 Å². The summed E-state index contributed by atoms with van der Waals surface area (Å²) in [5.74, 6) is -0.728. The van der Waals surface area contributed by atoms with Crippen molar-refractivity contribution in [3.05, 3.63) is 29.8 Å². The van der Waals surface area contributed by atoms with E-state index in [1.807, 2.05) is 4.90 Å². The Bertz CT molecular complexity index is 1120. The Morgan fingerprint density at radius 1 is 1.09 bits per heavy atom. The van der Waals surface area contributed by atoms with Gasteiger partial charge in [0.15, 0.2) is 5.84 Å². The molecule has 3 aliphatic heterocycles. The molecule has 2 N–H and O–H groups in total. The van der Waals surface area contributed by atoms with Gasteiger partial charge in [0.05, 0.1) is 0 Å². The SMILES string of the molecule is O=C(NN1C(=O)NC2(CCCCC2)C1=O)C1CCN(C2=NS(=O)(=O)c3ccccc32)CC1. The van der Waals surface area contributed by atoms with Crippen LogP contribution in [0.2, 0.25) is 0 Å². The molecular formula is C21H25N5O5S. The molecule has 0 aromatic heterocycles. The summed E-state index contributed by atoms with van der Waals surface area (Å²) in [7, 11) is -3.70. The maximum atomic E-state index is 12.9. The lowest BCUT2D eigenvalue weighted by molar-refractivity contribution is -0.141. The Kier molecular flexibility index (Phi) is 4.95. The fourth-order valence-electron chi connectivity index (χ4n) is 5.09. The van der Waals surface area contributed by atoms with Crippen LogP contribution in [0.25, 0.3) is 0 Å². The molecule has 1 saturated carbocycles. The average molecular weight is 460 g/mol. The van der Waals surface area contributed by atoms with E-state index in [4.69, 9.17) is 0 Å². The number of amides is 4. The molecule has 32 heavy (non-hydrogen) atoms. The van der Waals surface area contributed by atoms with Crippen LogP contribution in [0.5, 0.6) is 0 Å². The molecule has 0 atom stereocenters. The highest BCUT2D eigenvalue weighted by atomic mass is 32.2. The van der Waals surface area contributed by atoms with Crippen molar-refractivity contribution in [2.45, 2.75) is 55.4 Å². The number of urea groups is 1. The smallest absolute Gasteiger partial charge is 0.344 e. The molecule has 0 bridgehead atoms. The number of hydrazine groups is 1. The Labute approximate surface area is 186 Å². The van der Waals surface area contributed by atoms with E-state index in [2.05, 4.69) is 15.1 Å². The molecule has 170 valence electrons. The summed E-state index contributed by atoms with van der Waals surface area (Å²) in [6.07, 6.45) is 4.88. The van der Waals surface area contributed by atoms with E-state index in [1.165, 1.54) is 0 Å². The van der Waals surface area contributed by atoms with Gasteiger partial charge in [-0.25, -0.2) is 4.79 Å². The van der Waals surface area contributed by atoms with Crippen LogP contribution < -0.4 is 10.7 Å². The van der Waals surface area contributed by atoms with Crippen LogP contribution >= 0.6 is 0 Å². The van der Waals surface area contributed by atoms with Crippen molar-refractivity contribution in [1.29, 1.82) is 0 Å². The molecule has 3 fully saturated rings. The first-order valence-corrected chi connectivity index (χ1v) is 12.4. The maximum absolute atomic E-state index is 12.9. The van der Waals surface area contributed by atoms with Crippen LogP contribution in [0.3, 0.4) is 0 Å². The minimum atomic E-state index is -3.70. The van der Waals surface area contributed by atoms with Crippen LogP contribution in [0.4, 0.5) is 4.79 Å². The van der Waals surface area contributed by atoms with Gasteiger partial charge in [0.1, 0.15) is 10.4 Å². The highest BCUT2D eigenvalue weighted by molar-refractivity contribution is 7.90. The second-order valence-corrected chi connectivity index (χ2v) is 10.4. The second-order valence-electron chi connectivity index (χ2n) is 8.84. The molecule has 3 heterocycles. The van der Waals surface area contributed by atoms with Gasteiger partial charge in [-0.2, -0.15) is 13.4 Å². The van der Waals surface area contributed by atoms with Crippen molar-refractivity contribution < 1.29 is 22.8 Å². The largest absolute Gasteiger partial charge is 0.355 e. The lowest BCUT2D eigenvalue weighted by Crippen LogP contribution is -2.53. The summed E-state index contributed by atoms with van der Waals surface area (Å²) in [4.78, 5) is 40.1. The van der Waals surface area contributed by atoms with E-state index >= 15 is 0 Å². The van der Waals surface area contributed by atoms with Gasteiger partial charge < -0.3 is 10.2 Å². The molecule has 11 heteroatoms. The fourth-order valence-corrected chi connectivity index (χ4v) is 6.32. The van der Waals surface area contributed by atoms with E-state index < -0.39 is 21.6 Å². The Hall–Kier alpha value is -2.95. The molecule has 0 unspecified atom stereocenters. The monoisotopic (exact) mass is 459 g/mol. The first kappa shape index (κ1) is 20.9. The molecule has 2 saturated heterocycles. The number of piperidine rings is 1. The number of nitrogens with zero attached hydrogens (tertiary/aromatic N) is 3. The van der Waals surface area contributed by atoms with Crippen molar-refractivity contribution in [2.75, 3.05) is 13.1 Å². The van der Waals surface area contributed by atoms with Crippen molar-refractivity contribution >= 4 is 33.7 Å². The van der Waals surface area contributed by atoms with Crippen LogP contribution in [-0.4, -0.2) is 60.6 Å². The van der Waals surface area contributed by atoms with Crippen LogP contribution in [0.1, 0.15) is 50.5 Å². The van der Waals surface area contributed by atoms with Gasteiger partial charge in [0, 0.05) is 24.6 Å². The second kappa shape index (κ2) is 7.58. The van der Waals surface area contributed by atoms with Gasteiger partial charge in [-0.3, -0.25) is 15.0 Å². The molecule has 1 aromatic carbocycles. The molecule has 5 rings (SSSR count). The zero-order chi connectivity index (χ0) is 22.5. The minimum absolute atomic E-state index is 0.199. The highest BCUT2D eigenvalue weighted by Crippen LogP contribution is 2.33. The zero-order valence-corrected chi connectivity index (χ0v) is 18.4. The van der Waals surface area contributed by atoms with Crippen LogP contribution in [0, 0.1) is 5.92 Å². The maximum Gasteiger partial charge on any atom is 0.344 e. The zero-order valence-electron chi connectivity index (χ0n) is 17.5. The van der Waals surface area contributed by atoms with Gasteiger partial charge in [-0.05, 0) is 37.8 Å². The highest BCUT2D eigenvalue weighted by Gasteiger charge is 2.52. The van der Waals surface area contributed by atoms with Crippen molar-refractivity contribution in [3.8, 4) is 0 Å². The van der Waals surface area contributed by atoms with Gasteiger partial charge in [0.2, 0.25) is 5.91 Å². The lowest BCUT2D eigenvalue weighted by atomic mass is 9.82. The third-order valence-corrected chi connectivity index (χ3v) is 8.19. The third kappa shape index (κ3) is 3.35.